The van der Waals surface area contributed by atoms with Gasteiger partial charge in [-0.3, -0.25) is 4.79 Å². The Labute approximate surface area is 161 Å². The van der Waals surface area contributed by atoms with Gasteiger partial charge in [-0.1, -0.05) is 74.0 Å². The molecule has 2 aromatic carbocycles. The lowest BCUT2D eigenvalue weighted by Gasteiger charge is -2.29. The number of ether oxygens (including phenoxy) is 1. The molecule has 27 heavy (non-hydrogen) atoms. The molecule has 1 saturated heterocycles. The van der Waals surface area contributed by atoms with Crippen molar-refractivity contribution in [2.45, 2.75) is 52.2 Å². The molecule has 2 aromatic rings. The van der Waals surface area contributed by atoms with Gasteiger partial charge < -0.3 is 4.74 Å². The molecule has 0 saturated carbocycles. The van der Waals surface area contributed by atoms with Crippen LogP contribution in [0.3, 0.4) is 0 Å². The van der Waals surface area contributed by atoms with Crippen LogP contribution in [-0.4, -0.2) is 23.0 Å². The highest BCUT2D eigenvalue weighted by molar-refractivity contribution is 5.95. The molecule has 142 valence electrons. The van der Waals surface area contributed by atoms with Crippen molar-refractivity contribution < 1.29 is 14.3 Å². The first-order valence-electron chi connectivity index (χ1n) is 9.59. The minimum atomic E-state index is -0.549. The number of benzene rings is 2. The van der Waals surface area contributed by atoms with Crippen molar-refractivity contribution in [3.63, 3.8) is 0 Å². The van der Waals surface area contributed by atoms with Crippen LogP contribution >= 0.6 is 0 Å². The van der Waals surface area contributed by atoms with Gasteiger partial charge >= 0.3 is 6.09 Å². The Bertz CT molecular complexity index is 817. The lowest BCUT2D eigenvalue weighted by atomic mass is 9.83. The minimum Gasteiger partial charge on any atom is -0.443 e. The number of hydrogen-bond donors (Lipinski definition) is 0. The number of imide groups is 1. The molecular formula is C23H27NO3. The van der Waals surface area contributed by atoms with Gasteiger partial charge in [-0.15, -0.1) is 0 Å². The molecule has 4 heteroatoms. The van der Waals surface area contributed by atoms with Crippen LogP contribution in [0.1, 0.15) is 55.8 Å². The normalized spacial score (nSPS) is 21.6. The molecule has 0 N–H and O–H groups in total. The Kier molecular flexibility index (Phi) is 5.64. The first kappa shape index (κ1) is 19.2. The van der Waals surface area contributed by atoms with E-state index in [0.29, 0.717) is 0 Å². The average molecular weight is 365 g/mol. The zero-order valence-electron chi connectivity index (χ0n) is 16.4. The fourth-order valence-electron chi connectivity index (χ4n) is 4.07. The number of carbonyl (C=O) groups is 2. The van der Waals surface area contributed by atoms with Crippen LogP contribution < -0.4 is 0 Å². The third-order valence-electron chi connectivity index (χ3n) is 5.49. The smallest absolute Gasteiger partial charge is 0.417 e. The fraction of sp³-hybridized carbons (Fsp3) is 0.391. The monoisotopic (exact) mass is 365 g/mol. The summed E-state index contributed by atoms with van der Waals surface area (Å²) in [5, 5.41) is 0. The largest absolute Gasteiger partial charge is 0.443 e. The van der Waals surface area contributed by atoms with Crippen LogP contribution in [-0.2, 0) is 9.53 Å². The molecule has 2 amide bonds. The molecule has 0 unspecified atom stereocenters. The van der Waals surface area contributed by atoms with E-state index in [9.17, 15) is 9.59 Å². The van der Waals surface area contributed by atoms with E-state index in [4.69, 9.17) is 4.74 Å². The van der Waals surface area contributed by atoms with Crippen molar-refractivity contribution >= 4 is 12.0 Å². The zero-order valence-corrected chi connectivity index (χ0v) is 16.4. The Balaban J connectivity index is 1.91. The fourth-order valence-corrected chi connectivity index (χ4v) is 4.07. The number of amides is 2. The number of hydrogen-bond acceptors (Lipinski definition) is 3. The third kappa shape index (κ3) is 3.75. The summed E-state index contributed by atoms with van der Waals surface area (Å²) in [7, 11) is 0. The first-order valence-corrected chi connectivity index (χ1v) is 9.59. The molecule has 0 aliphatic carbocycles. The summed E-state index contributed by atoms with van der Waals surface area (Å²) in [5.74, 6) is -0.440. The van der Waals surface area contributed by atoms with E-state index in [1.165, 1.54) is 10.5 Å². The van der Waals surface area contributed by atoms with Gasteiger partial charge in [0.25, 0.3) is 0 Å². The highest BCUT2D eigenvalue weighted by Crippen LogP contribution is 2.37. The second-order valence-corrected chi connectivity index (χ2v) is 7.37. The van der Waals surface area contributed by atoms with Crippen molar-refractivity contribution in [2.24, 2.45) is 5.92 Å². The van der Waals surface area contributed by atoms with E-state index in [1.54, 1.807) is 0 Å². The van der Waals surface area contributed by atoms with Crippen LogP contribution in [0.5, 0.6) is 0 Å². The maximum atomic E-state index is 13.4. The lowest BCUT2D eigenvalue weighted by Crippen LogP contribution is -2.40. The molecule has 0 radical (unpaired) electrons. The maximum Gasteiger partial charge on any atom is 0.417 e. The van der Waals surface area contributed by atoms with Crippen molar-refractivity contribution in [1.29, 1.82) is 0 Å². The Morgan fingerprint density at radius 2 is 1.85 bits per heavy atom. The standard InChI is InChI=1S/C23H27NO3/c1-5-20(19-13-9-10-15(2)14-19)16(3)22(25)24-21(17(4)27-23(24)26)18-11-7-6-8-12-18/h6-14,16-17,20-21H,5H2,1-4H3/t16-,17+,20-,21+/m1/s1. The number of carbonyl (C=O) groups excluding carboxylic acids is 2. The Morgan fingerprint density at radius 3 is 2.48 bits per heavy atom. The summed E-state index contributed by atoms with van der Waals surface area (Å²) in [6.07, 6.45) is -0.0902. The van der Waals surface area contributed by atoms with Crippen LogP contribution in [0.4, 0.5) is 4.79 Å². The summed E-state index contributed by atoms with van der Waals surface area (Å²) in [6.45, 7) is 7.88. The molecule has 0 spiro atoms. The van der Waals surface area contributed by atoms with Gasteiger partial charge in [0.1, 0.15) is 12.1 Å². The van der Waals surface area contributed by atoms with E-state index in [1.807, 2.05) is 63.2 Å². The van der Waals surface area contributed by atoms with E-state index in [2.05, 4.69) is 19.1 Å². The van der Waals surface area contributed by atoms with Crippen LogP contribution in [0, 0.1) is 12.8 Å². The number of nitrogens with zero attached hydrogens (tertiary/aromatic N) is 1. The molecule has 1 aliphatic heterocycles. The number of rotatable bonds is 5. The molecule has 1 heterocycles. The highest BCUT2D eigenvalue weighted by atomic mass is 16.6. The van der Waals surface area contributed by atoms with Crippen LogP contribution in [0.25, 0.3) is 0 Å². The van der Waals surface area contributed by atoms with Crippen molar-refractivity contribution in [2.75, 3.05) is 0 Å². The number of aryl methyl sites for hydroxylation is 1. The second-order valence-electron chi connectivity index (χ2n) is 7.37. The van der Waals surface area contributed by atoms with Crippen LogP contribution in [0.2, 0.25) is 0 Å². The minimum absolute atomic E-state index is 0.0533. The average Bonchev–Trinajstić information content (AvgIpc) is 2.96. The van der Waals surface area contributed by atoms with Gasteiger partial charge in [-0.05, 0) is 37.3 Å². The van der Waals surface area contributed by atoms with Gasteiger partial charge in [0.15, 0.2) is 0 Å². The highest BCUT2D eigenvalue weighted by Gasteiger charge is 2.46. The second kappa shape index (κ2) is 7.95. The SMILES string of the molecule is CC[C@@H](c1cccc(C)c1)[C@@H](C)C(=O)N1C(=O)O[C@@H](C)[C@H]1c1ccccc1. The topological polar surface area (TPSA) is 46.6 Å². The summed E-state index contributed by atoms with van der Waals surface area (Å²) >= 11 is 0. The third-order valence-corrected chi connectivity index (χ3v) is 5.49. The van der Waals surface area contributed by atoms with Crippen LogP contribution in [0.15, 0.2) is 54.6 Å². The molecule has 1 aliphatic rings. The van der Waals surface area contributed by atoms with Crippen molar-refractivity contribution in [3.8, 4) is 0 Å². The predicted molar refractivity (Wildman–Crippen MR) is 105 cm³/mol. The summed E-state index contributed by atoms with van der Waals surface area (Å²) in [4.78, 5) is 27.2. The number of cyclic esters (lactones) is 1. The lowest BCUT2D eigenvalue weighted by molar-refractivity contribution is -0.134. The summed E-state index contributed by atoms with van der Waals surface area (Å²) < 4.78 is 5.42. The van der Waals surface area contributed by atoms with Gasteiger partial charge in [-0.25, -0.2) is 9.69 Å². The zero-order chi connectivity index (χ0) is 19.6. The van der Waals surface area contributed by atoms with E-state index >= 15 is 0 Å². The molecule has 4 nitrogen and oxygen atoms in total. The van der Waals surface area contributed by atoms with E-state index < -0.39 is 6.09 Å². The maximum absolute atomic E-state index is 13.4. The van der Waals surface area contributed by atoms with Gasteiger partial charge in [-0.2, -0.15) is 0 Å². The van der Waals surface area contributed by atoms with Gasteiger partial charge in [0.05, 0.1) is 0 Å². The molecule has 4 atom stereocenters. The molecule has 3 rings (SSSR count). The Hall–Kier alpha value is -2.62. The summed E-state index contributed by atoms with van der Waals surface area (Å²) in [5.41, 5.74) is 3.22. The predicted octanol–water partition coefficient (Wildman–Crippen LogP) is 5.23. The van der Waals surface area contributed by atoms with Gasteiger partial charge in [0.2, 0.25) is 5.91 Å². The first-order chi connectivity index (χ1) is 12.9. The Morgan fingerprint density at radius 1 is 1.15 bits per heavy atom. The molecule has 0 bridgehead atoms. The van der Waals surface area contributed by atoms with Crippen molar-refractivity contribution in [1.82, 2.24) is 4.90 Å². The van der Waals surface area contributed by atoms with Crippen molar-refractivity contribution in [3.05, 3.63) is 71.3 Å². The summed E-state index contributed by atoms with van der Waals surface area (Å²) in [6, 6.07) is 17.5. The quantitative estimate of drug-likeness (QED) is 0.728. The molecular weight excluding hydrogens is 338 g/mol. The van der Waals surface area contributed by atoms with Gasteiger partial charge in [0, 0.05) is 5.92 Å². The molecule has 1 fully saturated rings. The molecule has 0 aromatic heterocycles. The van der Waals surface area contributed by atoms with E-state index in [-0.39, 0.29) is 29.9 Å². The van der Waals surface area contributed by atoms with E-state index in [0.717, 1.165) is 17.5 Å².